The molecule has 4 nitrogen and oxygen atoms in total. The highest BCUT2D eigenvalue weighted by Crippen LogP contribution is 2.12. The number of hydrogen-bond acceptors (Lipinski definition) is 4. The van der Waals surface area contributed by atoms with Gasteiger partial charge in [-0.3, -0.25) is 9.97 Å². The molecular formula is C15H19FN4. The molecule has 2 aromatic heterocycles. The number of pyridine rings is 2. The van der Waals surface area contributed by atoms with E-state index in [1.807, 2.05) is 19.2 Å². The van der Waals surface area contributed by atoms with E-state index in [-0.39, 0.29) is 11.9 Å². The van der Waals surface area contributed by atoms with Gasteiger partial charge in [0, 0.05) is 31.5 Å². The van der Waals surface area contributed by atoms with Crippen LogP contribution < -0.4 is 5.73 Å². The van der Waals surface area contributed by atoms with E-state index in [4.69, 9.17) is 5.73 Å². The highest BCUT2D eigenvalue weighted by molar-refractivity contribution is 5.10. The average Bonchev–Trinajstić information content (AvgIpc) is 2.46. The Hall–Kier alpha value is -1.85. The van der Waals surface area contributed by atoms with Crippen molar-refractivity contribution >= 4 is 0 Å². The summed E-state index contributed by atoms with van der Waals surface area (Å²) in [7, 11) is 2.05. The summed E-state index contributed by atoms with van der Waals surface area (Å²) in [6.45, 7) is 1.70. The Morgan fingerprint density at radius 1 is 1.25 bits per heavy atom. The summed E-state index contributed by atoms with van der Waals surface area (Å²) in [5.74, 6) is -0.337. The summed E-state index contributed by atoms with van der Waals surface area (Å²) < 4.78 is 12.8. The highest BCUT2D eigenvalue weighted by atomic mass is 19.1. The molecule has 0 spiro atoms. The van der Waals surface area contributed by atoms with E-state index in [9.17, 15) is 4.39 Å². The van der Waals surface area contributed by atoms with Crippen LogP contribution in [0.5, 0.6) is 0 Å². The van der Waals surface area contributed by atoms with Gasteiger partial charge in [0.15, 0.2) is 0 Å². The zero-order valence-corrected chi connectivity index (χ0v) is 11.5. The van der Waals surface area contributed by atoms with Gasteiger partial charge < -0.3 is 10.6 Å². The average molecular weight is 274 g/mol. The van der Waals surface area contributed by atoms with Crippen molar-refractivity contribution in [3.63, 3.8) is 0 Å². The first kappa shape index (κ1) is 14.6. The maximum atomic E-state index is 12.8. The minimum absolute atomic E-state index is 0.171. The molecule has 5 heteroatoms. The molecule has 1 unspecified atom stereocenters. The minimum atomic E-state index is -0.337. The van der Waals surface area contributed by atoms with Gasteiger partial charge >= 0.3 is 0 Å². The second kappa shape index (κ2) is 7.07. The molecule has 0 radical (unpaired) electrons. The number of nitrogens with zero attached hydrogens (tertiary/aromatic N) is 3. The Morgan fingerprint density at radius 3 is 2.65 bits per heavy atom. The van der Waals surface area contributed by atoms with E-state index >= 15 is 0 Å². The van der Waals surface area contributed by atoms with E-state index in [1.165, 1.54) is 17.8 Å². The second-order valence-electron chi connectivity index (χ2n) is 4.89. The van der Waals surface area contributed by atoms with Crippen molar-refractivity contribution in [2.45, 2.75) is 19.0 Å². The molecule has 2 rings (SSSR count). The Kier molecular flexibility index (Phi) is 5.15. The Bertz CT molecular complexity index is 515. The molecule has 0 aliphatic carbocycles. The Balaban J connectivity index is 1.81. The molecule has 0 aromatic carbocycles. The van der Waals surface area contributed by atoms with Crippen LogP contribution >= 0.6 is 0 Å². The fourth-order valence-corrected chi connectivity index (χ4v) is 1.99. The molecule has 0 aliphatic heterocycles. The molecule has 1 atom stereocenters. The summed E-state index contributed by atoms with van der Waals surface area (Å²) in [6, 6.07) is 6.86. The first-order chi connectivity index (χ1) is 9.65. The van der Waals surface area contributed by atoms with Gasteiger partial charge in [0.05, 0.1) is 11.9 Å². The van der Waals surface area contributed by atoms with Crippen molar-refractivity contribution in [1.82, 2.24) is 14.9 Å². The lowest BCUT2D eigenvalue weighted by Gasteiger charge is -2.19. The van der Waals surface area contributed by atoms with E-state index in [1.54, 1.807) is 18.5 Å². The Labute approximate surface area is 118 Å². The van der Waals surface area contributed by atoms with Gasteiger partial charge in [-0.25, -0.2) is 4.39 Å². The lowest BCUT2D eigenvalue weighted by molar-refractivity contribution is 0.310. The number of hydrogen-bond donors (Lipinski definition) is 1. The number of halogens is 1. The van der Waals surface area contributed by atoms with Crippen molar-refractivity contribution in [3.8, 4) is 0 Å². The number of aromatic nitrogens is 2. The summed E-state index contributed by atoms with van der Waals surface area (Å²) in [6.07, 6.45) is 5.56. The van der Waals surface area contributed by atoms with Gasteiger partial charge in [-0.15, -0.1) is 0 Å². The van der Waals surface area contributed by atoms with Gasteiger partial charge in [0.25, 0.3) is 0 Å². The highest BCUT2D eigenvalue weighted by Gasteiger charge is 2.09. The lowest BCUT2D eigenvalue weighted by atomic mass is 10.1. The molecule has 0 saturated heterocycles. The molecule has 106 valence electrons. The van der Waals surface area contributed by atoms with E-state index in [0.29, 0.717) is 0 Å². The third-order valence-electron chi connectivity index (χ3n) is 3.15. The first-order valence-electron chi connectivity index (χ1n) is 6.59. The summed E-state index contributed by atoms with van der Waals surface area (Å²) in [5.41, 5.74) is 8.01. The molecule has 0 bridgehead atoms. The fraction of sp³-hybridized carbons (Fsp3) is 0.333. The van der Waals surface area contributed by atoms with Crippen molar-refractivity contribution in [1.29, 1.82) is 0 Å². The number of rotatable bonds is 6. The van der Waals surface area contributed by atoms with Crippen LogP contribution in [-0.2, 0) is 6.54 Å². The maximum absolute atomic E-state index is 12.8. The predicted molar refractivity (Wildman–Crippen MR) is 76.3 cm³/mol. The molecule has 20 heavy (non-hydrogen) atoms. The summed E-state index contributed by atoms with van der Waals surface area (Å²) in [5, 5.41) is 0. The number of nitrogens with two attached hydrogens (primary N) is 1. The van der Waals surface area contributed by atoms with Crippen LogP contribution in [0.15, 0.2) is 42.9 Å². The van der Waals surface area contributed by atoms with Crippen LogP contribution in [0, 0.1) is 5.82 Å². The maximum Gasteiger partial charge on any atom is 0.141 e. The van der Waals surface area contributed by atoms with Gasteiger partial charge in [0.1, 0.15) is 5.82 Å². The zero-order valence-electron chi connectivity index (χ0n) is 11.5. The second-order valence-corrected chi connectivity index (χ2v) is 4.89. The lowest BCUT2D eigenvalue weighted by Crippen LogP contribution is -2.23. The molecule has 0 fully saturated rings. The van der Waals surface area contributed by atoms with Gasteiger partial charge in [-0.2, -0.15) is 0 Å². The quantitative estimate of drug-likeness (QED) is 0.877. The van der Waals surface area contributed by atoms with E-state index in [0.717, 1.165) is 25.2 Å². The van der Waals surface area contributed by atoms with Gasteiger partial charge in [-0.1, -0.05) is 0 Å². The molecule has 0 aliphatic rings. The van der Waals surface area contributed by atoms with Gasteiger partial charge in [0.2, 0.25) is 0 Å². The van der Waals surface area contributed by atoms with Crippen molar-refractivity contribution in [2.75, 3.05) is 13.6 Å². The fourth-order valence-electron chi connectivity index (χ4n) is 1.99. The van der Waals surface area contributed by atoms with Gasteiger partial charge in [-0.05, 0) is 43.3 Å². The molecule has 2 heterocycles. The normalized spacial score (nSPS) is 12.6. The van der Waals surface area contributed by atoms with E-state index in [2.05, 4.69) is 14.9 Å². The first-order valence-corrected chi connectivity index (χ1v) is 6.59. The summed E-state index contributed by atoms with van der Waals surface area (Å²) >= 11 is 0. The zero-order chi connectivity index (χ0) is 14.4. The van der Waals surface area contributed by atoms with E-state index < -0.39 is 0 Å². The van der Waals surface area contributed by atoms with Crippen LogP contribution in [0.3, 0.4) is 0 Å². The smallest absolute Gasteiger partial charge is 0.141 e. The standard InChI is InChI=1S/C15H19FN4/c1-20(11-12-4-7-18-8-5-12)9-6-14(17)15-3-2-13(16)10-19-15/h2-5,7-8,10,14H,6,9,11,17H2,1H3. The molecule has 0 saturated carbocycles. The topological polar surface area (TPSA) is 55.0 Å². The third kappa shape index (κ3) is 4.36. The molecule has 2 N–H and O–H groups in total. The molecular weight excluding hydrogens is 255 g/mol. The molecule has 2 aromatic rings. The summed E-state index contributed by atoms with van der Waals surface area (Å²) in [4.78, 5) is 10.2. The third-order valence-corrected chi connectivity index (χ3v) is 3.15. The largest absolute Gasteiger partial charge is 0.323 e. The van der Waals surface area contributed by atoms with Crippen LogP contribution in [0.1, 0.15) is 23.7 Å². The Morgan fingerprint density at radius 2 is 2.00 bits per heavy atom. The van der Waals surface area contributed by atoms with Crippen molar-refractivity contribution < 1.29 is 4.39 Å². The van der Waals surface area contributed by atoms with Crippen LogP contribution in [0.25, 0.3) is 0 Å². The van der Waals surface area contributed by atoms with Crippen LogP contribution in [0.4, 0.5) is 4.39 Å². The SMILES string of the molecule is CN(CCC(N)c1ccc(F)cn1)Cc1ccncc1. The monoisotopic (exact) mass is 274 g/mol. The predicted octanol–water partition coefficient (Wildman–Crippen LogP) is 2.14. The van der Waals surface area contributed by atoms with Crippen LogP contribution in [0.2, 0.25) is 0 Å². The molecule has 0 amide bonds. The van der Waals surface area contributed by atoms with Crippen molar-refractivity contribution in [3.05, 3.63) is 59.9 Å². The minimum Gasteiger partial charge on any atom is -0.323 e. The van der Waals surface area contributed by atoms with Crippen molar-refractivity contribution in [2.24, 2.45) is 5.73 Å². The van der Waals surface area contributed by atoms with Crippen LogP contribution in [-0.4, -0.2) is 28.5 Å².